The Bertz CT molecular complexity index is 784. The number of hydrogen-bond acceptors (Lipinski definition) is 4. The standard InChI is InChI=1S/C20H23N3O2S/c1-15(24)16-7-9-17(10-8-16)22-11-13-23(14-12-22)20(26)21-18-5-3-4-6-19(18)25-2/h3-10H,11-14H2,1-2H3,(H,21,26). The molecule has 1 aliphatic rings. The van der Waals surface area contributed by atoms with Gasteiger partial charge in [0.25, 0.3) is 0 Å². The number of carbonyl (C=O) groups is 1. The van der Waals surface area contributed by atoms with Gasteiger partial charge in [-0.1, -0.05) is 12.1 Å². The van der Waals surface area contributed by atoms with Gasteiger partial charge in [-0.05, 0) is 55.5 Å². The van der Waals surface area contributed by atoms with Crippen molar-refractivity contribution in [2.75, 3.05) is 43.5 Å². The molecular formula is C20H23N3O2S. The van der Waals surface area contributed by atoms with Crippen LogP contribution in [0.5, 0.6) is 5.75 Å². The molecule has 6 heteroatoms. The topological polar surface area (TPSA) is 44.8 Å². The molecular weight excluding hydrogens is 346 g/mol. The van der Waals surface area contributed by atoms with E-state index in [1.807, 2.05) is 48.5 Å². The smallest absolute Gasteiger partial charge is 0.173 e. The third-order valence-corrected chi connectivity index (χ3v) is 4.91. The van der Waals surface area contributed by atoms with Crippen LogP contribution in [0.4, 0.5) is 11.4 Å². The number of ketones is 1. The lowest BCUT2D eigenvalue weighted by Crippen LogP contribution is -2.50. The number of Topliss-reactive ketones (excluding diaryl/α,β-unsaturated/α-hetero) is 1. The molecule has 1 aliphatic heterocycles. The number of methoxy groups -OCH3 is 1. The van der Waals surface area contributed by atoms with Crippen molar-refractivity contribution in [3.63, 3.8) is 0 Å². The van der Waals surface area contributed by atoms with Gasteiger partial charge in [0.2, 0.25) is 0 Å². The highest BCUT2D eigenvalue weighted by Gasteiger charge is 2.20. The summed E-state index contributed by atoms with van der Waals surface area (Å²) in [6.45, 7) is 5.04. The minimum atomic E-state index is 0.0918. The largest absolute Gasteiger partial charge is 0.495 e. The van der Waals surface area contributed by atoms with E-state index in [4.69, 9.17) is 17.0 Å². The van der Waals surface area contributed by atoms with Gasteiger partial charge in [-0.15, -0.1) is 0 Å². The Balaban J connectivity index is 1.57. The van der Waals surface area contributed by atoms with Crippen molar-refractivity contribution in [2.24, 2.45) is 0 Å². The molecule has 5 nitrogen and oxygen atoms in total. The zero-order chi connectivity index (χ0) is 18.5. The van der Waals surface area contributed by atoms with Crippen LogP contribution in [0.25, 0.3) is 0 Å². The van der Waals surface area contributed by atoms with Crippen molar-refractivity contribution in [2.45, 2.75) is 6.92 Å². The molecule has 0 unspecified atom stereocenters. The predicted octanol–water partition coefficient (Wildman–Crippen LogP) is 3.42. The molecule has 0 aromatic heterocycles. The third kappa shape index (κ3) is 4.14. The van der Waals surface area contributed by atoms with Crippen LogP contribution >= 0.6 is 12.2 Å². The van der Waals surface area contributed by atoms with E-state index in [1.165, 1.54) is 0 Å². The van der Waals surface area contributed by atoms with Gasteiger partial charge >= 0.3 is 0 Å². The molecule has 1 N–H and O–H groups in total. The summed E-state index contributed by atoms with van der Waals surface area (Å²) in [6, 6.07) is 15.6. The number of piperazine rings is 1. The summed E-state index contributed by atoms with van der Waals surface area (Å²) in [5.41, 5.74) is 2.76. The van der Waals surface area contributed by atoms with Crippen molar-refractivity contribution in [3.8, 4) is 5.75 Å². The molecule has 136 valence electrons. The number of hydrogen-bond donors (Lipinski definition) is 1. The van der Waals surface area contributed by atoms with Crippen LogP contribution in [0, 0.1) is 0 Å². The number of thiocarbonyl (C=S) groups is 1. The predicted molar refractivity (Wildman–Crippen MR) is 109 cm³/mol. The van der Waals surface area contributed by atoms with Gasteiger partial charge in [0.1, 0.15) is 5.75 Å². The highest BCUT2D eigenvalue weighted by Crippen LogP contribution is 2.24. The second-order valence-electron chi connectivity index (χ2n) is 6.21. The first kappa shape index (κ1) is 18.2. The maximum atomic E-state index is 11.4. The summed E-state index contributed by atoms with van der Waals surface area (Å²) < 4.78 is 5.36. The van der Waals surface area contributed by atoms with Gasteiger partial charge in [-0.3, -0.25) is 4.79 Å². The number of benzene rings is 2. The Hall–Kier alpha value is -2.60. The monoisotopic (exact) mass is 369 g/mol. The normalized spacial score (nSPS) is 14.1. The lowest BCUT2D eigenvalue weighted by atomic mass is 10.1. The van der Waals surface area contributed by atoms with Crippen molar-refractivity contribution in [1.82, 2.24) is 4.90 Å². The molecule has 26 heavy (non-hydrogen) atoms. The van der Waals surface area contributed by atoms with Crippen molar-refractivity contribution in [3.05, 3.63) is 54.1 Å². The highest BCUT2D eigenvalue weighted by atomic mass is 32.1. The molecule has 1 saturated heterocycles. The molecule has 0 atom stereocenters. The summed E-state index contributed by atoms with van der Waals surface area (Å²) in [5, 5.41) is 3.99. The van der Waals surface area contributed by atoms with Crippen molar-refractivity contribution < 1.29 is 9.53 Å². The molecule has 0 spiro atoms. The molecule has 0 bridgehead atoms. The maximum absolute atomic E-state index is 11.4. The highest BCUT2D eigenvalue weighted by molar-refractivity contribution is 7.80. The zero-order valence-electron chi connectivity index (χ0n) is 15.1. The average molecular weight is 369 g/mol. The zero-order valence-corrected chi connectivity index (χ0v) is 15.9. The maximum Gasteiger partial charge on any atom is 0.173 e. The molecule has 0 amide bonds. The minimum Gasteiger partial charge on any atom is -0.495 e. The van der Waals surface area contributed by atoms with Gasteiger partial charge in [0.15, 0.2) is 10.9 Å². The average Bonchev–Trinajstić information content (AvgIpc) is 2.68. The minimum absolute atomic E-state index is 0.0918. The Labute approximate surface area is 159 Å². The number of rotatable bonds is 4. The van der Waals surface area contributed by atoms with Gasteiger partial charge in [-0.2, -0.15) is 0 Å². The summed E-state index contributed by atoms with van der Waals surface area (Å²) in [5.74, 6) is 0.869. The van der Waals surface area contributed by atoms with Crippen LogP contribution in [-0.2, 0) is 0 Å². The van der Waals surface area contributed by atoms with E-state index in [0.29, 0.717) is 5.11 Å². The van der Waals surface area contributed by atoms with Crippen LogP contribution in [0.1, 0.15) is 17.3 Å². The lowest BCUT2D eigenvalue weighted by molar-refractivity contribution is 0.101. The summed E-state index contributed by atoms with van der Waals surface area (Å²) in [7, 11) is 1.65. The van der Waals surface area contributed by atoms with Crippen molar-refractivity contribution >= 4 is 34.5 Å². The third-order valence-electron chi connectivity index (χ3n) is 4.55. The van der Waals surface area contributed by atoms with Crippen LogP contribution in [-0.4, -0.2) is 49.1 Å². The van der Waals surface area contributed by atoms with E-state index >= 15 is 0 Å². The van der Waals surface area contributed by atoms with Gasteiger partial charge in [-0.25, -0.2) is 0 Å². The summed E-state index contributed by atoms with van der Waals surface area (Å²) in [4.78, 5) is 15.9. The number of para-hydroxylation sites is 2. The second-order valence-corrected chi connectivity index (χ2v) is 6.59. The molecule has 0 saturated carbocycles. The molecule has 2 aromatic carbocycles. The number of nitrogens with zero attached hydrogens (tertiary/aromatic N) is 2. The van der Waals surface area contributed by atoms with Crippen LogP contribution in [0.15, 0.2) is 48.5 Å². The Morgan fingerprint density at radius 3 is 2.31 bits per heavy atom. The first-order chi connectivity index (χ1) is 12.6. The quantitative estimate of drug-likeness (QED) is 0.658. The molecule has 0 aliphatic carbocycles. The second kappa shape index (κ2) is 8.19. The number of carbonyl (C=O) groups excluding carboxylic acids is 1. The van der Waals surface area contributed by atoms with E-state index in [1.54, 1.807) is 14.0 Å². The molecule has 3 rings (SSSR count). The van der Waals surface area contributed by atoms with Gasteiger partial charge in [0.05, 0.1) is 12.8 Å². The first-order valence-electron chi connectivity index (χ1n) is 8.63. The van der Waals surface area contributed by atoms with Gasteiger partial charge in [0, 0.05) is 37.4 Å². The Morgan fingerprint density at radius 1 is 1.04 bits per heavy atom. The van der Waals surface area contributed by atoms with Gasteiger partial charge < -0.3 is 19.9 Å². The summed E-state index contributed by atoms with van der Waals surface area (Å²) in [6.07, 6.45) is 0. The molecule has 1 heterocycles. The van der Waals surface area contributed by atoms with Crippen LogP contribution in [0.2, 0.25) is 0 Å². The Morgan fingerprint density at radius 2 is 1.69 bits per heavy atom. The fraction of sp³-hybridized carbons (Fsp3) is 0.300. The fourth-order valence-electron chi connectivity index (χ4n) is 3.02. The van der Waals surface area contributed by atoms with E-state index in [-0.39, 0.29) is 5.78 Å². The molecule has 1 fully saturated rings. The fourth-order valence-corrected chi connectivity index (χ4v) is 3.31. The van der Waals surface area contributed by atoms with E-state index < -0.39 is 0 Å². The molecule has 2 aromatic rings. The summed E-state index contributed by atoms with van der Waals surface area (Å²) >= 11 is 5.57. The Kier molecular flexibility index (Phi) is 5.73. The SMILES string of the molecule is COc1ccccc1NC(=S)N1CCN(c2ccc(C(C)=O)cc2)CC1. The molecule has 0 radical (unpaired) electrons. The number of anilines is 2. The lowest BCUT2D eigenvalue weighted by Gasteiger charge is -2.37. The van der Waals surface area contributed by atoms with E-state index in [2.05, 4.69) is 15.1 Å². The van der Waals surface area contributed by atoms with Crippen LogP contribution in [0.3, 0.4) is 0 Å². The number of ether oxygens (including phenoxy) is 1. The first-order valence-corrected chi connectivity index (χ1v) is 9.04. The number of nitrogens with one attached hydrogen (secondary N) is 1. The van der Waals surface area contributed by atoms with E-state index in [9.17, 15) is 4.79 Å². The van der Waals surface area contributed by atoms with Crippen molar-refractivity contribution in [1.29, 1.82) is 0 Å². The van der Waals surface area contributed by atoms with Crippen LogP contribution < -0.4 is 15.0 Å². The van der Waals surface area contributed by atoms with E-state index in [0.717, 1.165) is 48.9 Å².